The van der Waals surface area contributed by atoms with Crippen molar-refractivity contribution >= 4 is 11.9 Å². The third kappa shape index (κ3) is 2.04. The molecule has 2 rings (SSSR count). The van der Waals surface area contributed by atoms with Crippen LogP contribution in [0.5, 0.6) is 0 Å². The van der Waals surface area contributed by atoms with Gasteiger partial charge in [0.1, 0.15) is 0 Å². The quantitative estimate of drug-likeness (QED) is 0.740. The normalized spacial score (nSPS) is 20.3. The monoisotopic (exact) mass is 211 g/mol. The molecule has 0 aromatic carbocycles. The lowest BCUT2D eigenvalue weighted by molar-refractivity contribution is 0.0499. The summed E-state index contributed by atoms with van der Waals surface area (Å²) in [6, 6.07) is 0.235. The van der Waals surface area contributed by atoms with Crippen LogP contribution in [-0.4, -0.2) is 28.0 Å². The maximum absolute atomic E-state index is 5.73. The van der Waals surface area contributed by atoms with Gasteiger partial charge < -0.3 is 16.2 Å². The van der Waals surface area contributed by atoms with E-state index in [9.17, 15) is 0 Å². The van der Waals surface area contributed by atoms with Crippen LogP contribution in [0.25, 0.3) is 0 Å². The van der Waals surface area contributed by atoms with Gasteiger partial charge in [-0.2, -0.15) is 4.98 Å². The zero-order valence-electron chi connectivity index (χ0n) is 8.89. The van der Waals surface area contributed by atoms with Crippen LogP contribution < -0.4 is 11.5 Å². The van der Waals surface area contributed by atoms with Crippen molar-refractivity contribution in [3.05, 3.63) is 0 Å². The molecule has 84 valence electrons. The highest BCUT2D eigenvalue weighted by molar-refractivity contribution is 5.26. The second-order valence-corrected chi connectivity index (χ2v) is 3.96. The molecule has 1 unspecified atom stereocenters. The van der Waals surface area contributed by atoms with E-state index in [0.717, 1.165) is 26.1 Å². The molecule has 0 bridgehead atoms. The van der Waals surface area contributed by atoms with Gasteiger partial charge in [0, 0.05) is 13.2 Å². The van der Waals surface area contributed by atoms with Crippen LogP contribution in [0.4, 0.5) is 11.9 Å². The standard InChI is InChI=1S/C9H17N5O/c1-6(7-2-4-15-5-3-7)14-9(11)12-8(10)13-14/h6-7H,2-5H2,1H3,(H4,10,11,12,13). The largest absolute Gasteiger partial charge is 0.381 e. The van der Waals surface area contributed by atoms with Crippen LogP contribution in [0, 0.1) is 5.92 Å². The summed E-state index contributed by atoms with van der Waals surface area (Å²) < 4.78 is 7.03. The average molecular weight is 211 g/mol. The minimum Gasteiger partial charge on any atom is -0.381 e. The van der Waals surface area contributed by atoms with Crippen molar-refractivity contribution in [2.45, 2.75) is 25.8 Å². The second kappa shape index (κ2) is 4.06. The fraction of sp³-hybridized carbons (Fsp3) is 0.778. The van der Waals surface area contributed by atoms with Crippen molar-refractivity contribution in [2.75, 3.05) is 24.7 Å². The van der Waals surface area contributed by atoms with Crippen molar-refractivity contribution in [3.63, 3.8) is 0 Å². The topological polar surface area (TPSA) is 92.0 Å². The van der Waals surface area contributed by atoms with Crippen LogP contribution >= 0.6 is 0 Å². The first-order chi connectivity index (χ1) is 7.18. The maximum atomic E-state index is 5.73. The molecule has 1 aliphatic heterocycles. The lowest BCUT2D eigenvalue weighted by Crippen LogP contribution is -2.25. The molecular formula is C9H17N5O. The van der Waals surface area contributed by atoms with Gasteiger partial charge in [0.15, 0.2) is 0 Å². The van der Waals surface area contributed by atoms with Crippen LogP contribution in [0.3, 0.4) is 0 Å². The summed E-state index contributed by atoms with van der Waals surface area (Å²) in [5, 5.41) is 4.10. The first kappa shape index (κ1) is 10.2. The lowest BCUT2D eigenvalue weighted by atomic mass is 9.93. The molecule has 1 atom stereocenters. The molecule has 1 aromatic rings. The highest BCUT2D eigenvalue weighted by atomic mass is 16.5. The first-order valence-corrected chi connectivity index (χ1v) is 5.23. The summed E-state index contributed by atoms with van der Waals surface area (Å²) in [6.45, 7) is 3.73. The number of hydrogen-bond acceptors (Lipinski definition) is 5. The molecule has 1 aliphatic rings. The molecule has 0 aliphatic carbocycles. The molecule has 2 heterocycles. The molecule has 4 N–H and O–H groups in total. The average Bonchev–Trinajstić information content (AvgIpc) is 2.58. The number of aromatic nitrogens is 3. The Balaban J connectivity index is 2.12. The van der Waals surface area contributed by atoms with Crippen molar-refractivity contribution in [1.29, 1.82) is 0 Å². The van der Waals surface area contributed by atoms with E-state index in [1.165, 1.54) is 0 Å². The molecule has 0 radical (unpaired) electrons. The molecule has 6 heteroatoms. The Morgan fingerprint density at radius 1 is 1.40 bits per heavy atom. The molecular weight excluding hydrogens is 194 g/mol. The van der Waals surface area contributed by atoms with Crippen LogP contribution in [0.15, 0.2) is 0 Å². The Hall–Kier alpha value is -1.30. The molecule has 0 spiro atoms. The zero-order valence-corrected chi connectivity index (χ0v) is 8.89. The molecule has 1 fully saturated rings. The maximum Gasteiger partial charge on any atom is 0.241 e. The molecule has 15 heavy (non-hydrogen) atoms. The third-order valence-electron chi connectivity index (χ3n) is 3.01. The Morgan fingerprint density at radius 2 is 2.07 bits per heavy atom. The van der Waals surface area contributed by atoms with Gasteiger partial charge in [-0.05, 0) is 25.7 Å². The Morgan fingerprint density at radius 3 is 2.60 bits per heavy atom. The SMILES string of the molecule is CC(C1CCOCC1)n1nc(N)nc1N. The Kier molecular flexibility index (Phi) is 2.77. The van der Waals surface area contributed by atoms with E-state index in [1.54, 1.807) is 4.68 Å². The molecule has 1 aromatic heterocycles. The fourth-order valence-electron chi connectivity index (χ4n) is 2.05. The van der Waals surface area contributed by atoms with E-state index in [4.69, 9.17) is 16.2 Å². The molecule has 6 nitrogen and oxygen atoms in total. The molecule has 0 amide bonds. The van der Waals surface area contributed by atoms with Gasteiger partial charge in [0.2, 0.25) is 11.9 Å². The first-order valence-electron chi connectivity index (χ1n) is 5.23. The highest BCUT2D eigenvalue weighted by Crippen LogP contribution is 2.28. The van der Waals surface area contributed by atoms with E-state index >= 15 is 0 Å². The van der Waals surface area contributed by atoms with E-state index < -0.39 is 0 Å². The Labute approximate surface area is 88.6 Å². The number of nitrogen functional groups attached to an aromatic ring is 2. The van der Waals surface area contributed by atoms with Crippen LogP contribution in [0.2, 0.25) is 0 Å². The van der Waals surface area contributed by atoms with Crippen LogP contribution in [-0.2, 0) is 4.74 Å². The third-order valence-corrected chi connectivity index (χ3v) is 3.01. The minimum atomic E-state index is 0.235. The van der Waals surface area contributed by atoms with Gasteiger partial charge >= 0.3 is 0 Å². The predicted octanol–water partition coefficient (Wildman–Crippen LogP) is 0.430. The van der Waals surface area contributed by atoms with E-state index in [2.05, 4.69) is 17.0 Å². The minimum absolute atomic E-state index is 0.235. The van der Waals surface area contributed by atoms with Crippen molar-refractivity contribution in [2.24, 2.45) is 5.92 Å². The second-order valence-electron chi connectivity index (χ2n) is 3.96. The van der Waals surface area contributed by atoms with Gasteiger partial charge in [-0.3, -0.25) is 0 Å². The van der Waals surface area contributed by atoms with Crippen LogP contribution in [0.1, 0.15) is 25.8 Å². The fourth-order valence-corrected chi connectivity index (χ4v) is 2.05. The van der Waals surface area contributed by atoms with E-state index in [0.29, 0.717) is 11.9 Å². The summed E-state index contributed by atoms with van der Waals surface area (Å²) in [5.74, 6) is 1.18. The summed E-state index contributed by atoms with van der Waals surface area (Å²) in [4.78, 5) is 3.90. The van der Waals surface area contributed by atoms with Crippen molar-refractivity contribution < 1.29 is 4.74 Å². The smallest absolute Gasteiger partial charge is 0.241 e. The molecule has 0 saturated carbocycles. The summed E-state index contributed by atoms with van der Waals surface area (Å²) in [5.41, 5.74) is 11.2. The predicted molar refractivity (Wildman–Crippen MR) is 57.1 cm³/mol. The number of nitrogens with zero attached hydrogens (tertiary/aromatic N) is 3. The van der Waals surface area contributed by atoms with Crippen molar-refractivity contribution in [3.8, 4) is 0 Å². The summed E-state index contributed by atoms with van der Waals surface area (Å²) in [7, 11) is 0. The lowest BCUT2D eigenvalue weighted by Gasteiger charge is -2.27. The number of rotatable bonds is 2. The van der Waals surface area contributed by atoms with Gasteiger partial charge in [0.05, 0.1) is 6.04 Å². The van der Waals surface area contributed by atoms with Gasteiger partial charge in [-0.1, -0.05) is 0 Å². The zero-order chi connectivity index (χ0) is 10.8. The summed E-state index contributed by atoms with van der Waals surface area (Å²) in [6.07, 6.45) is 2.08. The number of anilines is 2. The van der Waals surface area contributed by atoms with E-state index in [-0.39, 0.29) is 12.0 Å². The number of nitrogens with two attached hydrogens (primary N) is 2. The van der Waals surface area contributed by atoms with Crippen molar-refractivity contribution in [1.82, 2.24) is 14.8 Å². The molecule has 1 saturated heterocycles. The highest BCUT2D eigenvalue weighted by Gasteiger charge is 2.24. The number of ether oxygens (including phenoxy) is 1. The Bertz CT molecular complexity index is 331. The number of hydrogen-bond donors (Lipinski definition) is 2. The van der Waals surface area contributed by atoms with Gasteiger partial charge in [0.25, 0.3) is 0 Å². The van der Waals surface area contributed by atoms with E-state index in [1.807, 2.05) is 0 Å². The summed E-state index contributed by atoms with van der Waals surface area (Å²) >= 11 is 0. The van der Waals surface area contributed by atoms with Gasteiger partial charge in [-0.25, -0.2) is 4.68 Å². The van der Waals surface area contributed by atoms with Gasteiger partial charge in [-0.15, -0.1) is 5.10 Å².